The fourth-order valence-corrected chi connectivity index (χ4v) is 7.88. The first-order valence-corrected chi connectivity index (χ1v) is 18.3. The van der Waals surface area contributed by atoms with E-state index < -0.39 is 57.7 Å². The van der Waals surface area contributed by atoms with Crippen LogP contribution in [0.25, 0.3) is 0 Å². The van der Waals surface area contributed by atoms with Gasteiger partial charge in [-0.05, 0) is 28.8 Å². The molecule has 0 spiro atoms. The summed E-state index contributed by atoms with van der Waals surface area (Å²) < 4.78 is 11.1. The Morgan fingerprint density at radius 3 is 2.37 bits per heavy atom. The molecule has 0 saturated carbocycles. The van der Waals surface area contributed by atoms with Gasteiger partial charge in [0.2, 0.25) is 18.9 Å². The van der Waals surface area contributed by atoms with Crippen molar-refractivity contribution in [3.05, 3.63) is 123 Å². The number of nitrogens with one attached hydrogen (secondary N) is 2. The topological polar surface area (TPSA) is 209 Å². The number of thioether (sulfide) groups is 1. The number of aromatic nitrogens is 1. The molecule has 6 rings (SSSR count). The van der Waals surface area contributed by atoms with Gasteiger partial charge in [-0.3, -0.25) is 29.3 Å². The summed E-state index contributed by atoms with van der Waals surface area (Å²) in [6, 6.07) is 22.7. The van der Waals surface area contributed by atoms with Crippen molar-refractivity contribution in [3.8, 4) is 0 Å². The van der Waals surface area contributed by atoms with Crippen LogP contribution in [0.1, 0.15) is 28.5 Å². The van der Waals surface area contributed by atoms with Crippen molar-refractivity contribution < 1.29 is 43.2 Å². The average Bonchev–Trinajstić information content (AvgIpc) is 3.65. The number of halogens is 1. The molecule has 3 atom stereocenters. The van der Waals surface area contributed by atoms with Crippen LogP contribution in [-0.2, 0) is 44.9 Å². The van der Waals surface area contributed by atoms with E-state index in [2.05, 4.69) is 20.8 Å². The lowest BCUT2D eigenvalue weighted by Gasteiger charge is -2.52. The summed E-state index contributed by atoms with van der Waals surface area (Å²) >= 11 is 8.80. The van der Waals surface area contributed by atoms with Crippen LogP contribution < -0.4 is 10.6 Å². The second kappa shape index (κ2) is 16.9. The minimum Gasteiger partial charge on any atom is -0.459 e. The molecule has 2 aliphatic rings. The molecule has 1 aromatic heterocycles. The van der Waals surface area contributed by atoms with Gasteiger partial charge in [-0.25, -0.2) is 9.78 Å². The van der Waals surface area contributed by atoms with Crippen LogP contribution in [0.2, 0.25) is 0 Å². The number of carbonyl (C=O) groups excluding carboxylic acids is 5. The number of nitro groups is 1. The third-order valence-electron chi connectivity index (χ3n) is 8.15. The number of nitro benzene ring substituents is 1. The Morgan fingerprint density at radius 2 is 1.74 bits per heavy atom. The first-order valence-electron chi connectivity index (χ1n) is 16.0. The molecule has 2 fully saturated rings. The standard InChI is InChI=1S/C35H29ClN6O10S2/c36-35(33(47)50-15-21-11-13-24(14-12-21)42(48)49)18-41-31(46)28(32(41)54-19-35)39-30(45)27(25-17-53-34(38-25)37-20-43)40-51-16-26(44)52-29(22-7-3-1-4-8-22)23-9-5-2-6-10-23/h1-14,17,20,28-29,32H,15-16,18-19H2,(H,39,45)(H,37,38,43)/t28?,32-,35?/m1/s1. The molecule has 19 heteroatoms. The van der Waals surface area contributed by atoms with E-state index in [9.17, 15) is 34.1 Å². The van der Waals surface area contributed by atoms with Crippen LogP contribution in [0.15, 0.2) is 95.5 Å². The van der Waals surface area contributed by atoms with E-state index in [1.54, 1.807) is 0 Å². The molecule has 3 aromatic carbocycles. The van der Waals surface area contributed by atoms with Crippen LogP contribution in [0.4, 0.5) is 10.8 Å². The molecule has 3 amide bonds. The zero-order valence-electron chi connectivity index (χ0n) is 27.9. The number of fused-ring (bicyclic) bond motifs is 1. The van der Waals surface area contributed by atoms with Crippen LogP contribution in [0, 0.1) is 10.1 Å². The second-order valence-electron chi connectivity index (χ2n) is 11.8. The maximum Gasteiger partial charge on any atom is 0.347 e. The van der Waals surface area contributed by atoms with Gasteiger partial charge in [-0.15, -0.1) is 34.7 Å². The Balaban J connectivity index is 1.08. The van der Waals surface area contributed by atoms with Gasteiger partial charge in [-0.2, -0.15) is 0 Å². The minimum atomic E-state index is -1.58. The highest BCUT2D eigenvalue weighted by molar-refractivity contribution is 8.00. The van der Waals surface area contributed by atoms with Gasteiger partial charge in [0.1, 0.15) is 23.7 Å². The van der Waals surface area contributed by atoms with E-state index in [1.807, 2.05) is 60.7 Å². The first-order chi connectivity index (χ1) is 26.1. The van der Waals surface area contributed by atoms with Gasteiger partial charge < -0.3 is 29.8 Å². The Labute approximate surface area is 319 Å². The molecule has 0 radical (unpaired) electrons. The van der Waals surface area contributed by atoms with Crippen molar-refractivity contribution >= 4 is 81.4 Å². The predicted molar refractivity (Wildman–Crippen MR) is 196 cm³/mol. The number of carbonyl (C=O) groups is 5. The van der Waals surface area contributed by atoms with Gasteiger partial charge in [0.05, 0.1) is 11.5 Å². The molecule has 2 saturated heterocycles. The normalized spacial score (nSPS) is 19.2. The Kier molecular flexibility index (Phi) is 11.8. The molecular formula is C35H29ClN6O10S2. The predicted octanol–water partition coefficient (Wildman–Crippen LogP) is 3.79. The fraction of sp³-hybridized carbons (Fsp3) is 0.229. The van der Waals surface area contributed by atoms with Crippen molar-refractivity contribution in [2.75, 3.05) is 24.2 Å². The third kappa shape index (κ3) is 8.67. The fourth-order valence-electron chi connectivity index (χ4n) is 5.47. The highest BCUT2D eigenvalue weighted by Gasteiger charge is 2.57. The number of β-lactam (4-membered cyclic amide) rings is 1. The van der Waals surface area contributed by atoms with Crippen molar-refractivity contribution in [2.45, 2.75) is 29.0 Å². The van der Waals surface area contributed by atoms with Gasteiger partial charge in [0.15, 0.2) is 21.8 Å². The molecule has 278 valence electrons. The molecule has 54 heavy (non-hydrogen) atoms. The van der Waals surface area contributed by atoms with Crippen LogP contribution in [0.3, 0.4) is 0 Å². The van der Waals surface area contributed by atoms with E-state index in [0.717, 1.165) is 34.2 Å². The highest BCUT2D eigenvalue weighted by Crippen LogP contribution is 2.41. The number of benzene rings is 3. The van der Waals surface area contributed by atoms with Crippen molar-refractivity contribution in [3.63, 3.8) is 0 Å². The SMILES string of the molecule is O=CNc1nc(C(=NOCC(=O)OC(c2ccccc2)c2ccccc2)C(=O)NC2C(=O)N3CC(Cl)(C(=O)OCc4ccc([N+](=O)[O-])cc4)CS[C@H]23)cs1. The molecule has 2 N–H and O–H groups in total. The quantitative estimate of drug-likeness (QED) is 0.0335. The molecular weight excluding hydrogens is 764 g/mol. The summed E-state index contributed by atoms with van der Waals surface area (Å²) in [5.41, 5.74) is 1.47. The number of ether oxygens (including phenoxy) is 2. The Bertz CT molecular complexity index is 2030. The van der Waals surface area contributed by atoms with Crippen molar-refractivity contribution in [1.29, 1.82) is 0 Å². The molecule has 2 unspecified atom stereocenters. The number of amides is 3. The van der Waals surface area contributed by atoms with Gasteiger partial charge in [0, 0.05) is 23.3 Å². The lowest BCUT2D eigenvalue weighted by atomic mass is 10.0. The number of oxime groups is 1. The highest BCUT2D eigenvalue weighted by atomic mass is 35.5. The number of thiazole rings is 1. The van der Waals surface area contributed by atoms with Gasteiger partial charge in [0.25, 0.3) is 11.6 Å². The lowest BCUT2D eigenvalue weighted by Crippen LogP contribution is -2.74. The number of nitrogens with zero attached hydrogens (tertiary/aromatic N) is 4. The monoisotopic (exact) mass is 792 g/mol. The number of esters is 2. The van der Waals surface area contributed by atoms with E-state index in [1.165, 1.54) is 34.5 Å². The zero-order valence-corrected chi connectivity index (χ0v) is 30.3. The smallest absolute Gasteiger partial charge is 0.347 e. The Hall–Kier alpha value is -5.85. The molecule has 4 aromatic rings. The number of anilines is 1. The minimum absolute atomic E-state index is 0.00266. The van der Waals surface area contributed by atoms with Gasteiger partial charge >= 0.3 is 11.9 Å². The summed E-state index contributed by atoms with van der Waals surface area (Å²) in [6.07, 6.45) is -0.332. The largest absolute Gasteiger partial charge is 0.459 e. The number of hydrogen-bond acceptors (Lipinski definition) is 14. The summed E-state index contributed by atoms with van der Waals surface area (Å²) in [6.45, 7) is -1.05. The summed E-state index contributed by atoms with van der Waals surface area (Å²) in [5, 5.41) is 20.8. The third-order valence-corrected chi connectivity index (χ3v) is 11.0. The van der Waals surface area contributed by atoms with Crippen LogP contribution >= 0.6 is 34.7 Å². The van der Waals surface area contributed by atoms with E-state index in [-0.39, 0.29) is 41.1 Å². The number of alkyl halides is 1. The lowest BCUT2D eigenvalue weighted by molar-refractivity contribution is -0.384. The maximum absolute atomic E-state index is 13.6. The Morgan fingerprint density at radius 1 is 1.07 bits per heavy atom. The maximum atomic E-state index is 13.6. The van der Waals surface area contributed by atoms with Crippen molar-refractivity contribution in [2.24, 2.45) is 5.16 Å². The summed E-state index contributed by atoms with van der Waals surface area (Å²) in [5.74, 6) is -2.90. The van der Waals surface area contributed by atoms with Crippen LogP contribution in [0.5, 0.6) is 0 Å². The van der Waals surface area contributed by atoms with E-state index >= 15 is 0 Å². The average molecular weight is 793 g/mol. The molecule has 0 aliphatic carbocycles. The van der Waals surface area contributed by atoms with E-state index in [0.29, 0.717) is 12.0 Å². The molecule has 2 aliphatic heterocycles. The molecule has 16 nitrogen and oxygen atoms in total. The van der Waals surface area contributed by atoms with Crippen molar-refractivity contribution in [1.82, 2.24) is 15.2 Å². The number of non-ortho nitro benzene ring substituents is 1. The summed E-state index contributed by atoms with van der Waals surface area (Å²) in [4.78, 5) is 83.3. The number of rotatable bonds is 15. The second-order valence-corrected chi connectivity index (χ2v) is 14.5. The number of hydrogen-bond donors (Lipinski definition) is 2. The van der Waals surface area contributed by atoms with Crippen LogP contribution in [-0.4, -0.2) is 85.9 Å². The van der Waals surface area contributed by atoms with E-state index in [4.69, 9.17) is 25.9 Å². The van der Waals surface area contributed by atoms with Gasteiger partial charge in [-0.1, -0.05) is 65.8 Å². The molecule has 3 heterocycles. The molecule has 0 bridgehead atoms. The first kappa shape index (κ1) is 37.9. The summed E-state index contributed by atoms with van der Waals surface area (Å²) in [7, 11) is 0. The zero-order chi connectivity index (χ0) is 38.2.